The summed E-state index contributed by atoms with van der Waals surface area (Å²) in [6.07, 6.45) is 11.0. The molecule has 0 saturated carbocycles. The molecule has 0 spiro atoms. The highest BCUT2D eigenvalue weighted by Crippen LogP contribution is 2.31. The molecule has 2 aliphatic rings. The van der Waals surface area contributed by atoms with Crippen molar-refractivity contribution < 1.29 is 9.59 Å². The second-order valence-corrected chi connectivity index (χ2v) is 9.28. The maximum absolute atomic E-state index is 13.1. The van der Waals surface area contributed by atoms with Crippen molar-refractivity contribution in [3.8, 4) is 0 Å². The Morgan fingerprint density at radius 3 is 2.37 bits per heavy atom. The highest BCUT2D eigenvalue weighted by atomic mass is 32.1. The molecule has 1 aliphatic heterocycles. The zero-order chi connectivity index (χ0) is 19.3. The number of nitrogens with one attached hydrogen (secondary N) is 1. The van der Waals surface area contributed by atoms with Gasteiger partial charge in [0.05, 0.1) is 10.3 Å². The molecular formula is C22H34N2O2S. The Morgan fingerprint density at radius 1 is 1.04 bits per heavy atom. The van der Waals surface area contributed by atoms with E-state index < -0.39 is 5.41 Å². The Hall–Kier alpha value is -1.36. The van der Waals surface area contributed by atoms with Crippen LogP contribution in [-0.4, -0.2) is 36.3 Å². The van der Waals surface area contributed by atoms with Crippen LogP contribution in [0.25, 0.3) is 0 Å². The van der Waals surface area contributed by atoms with Crippen LogP contribution in [0.3, 0.4) is 0 Å². The van der Waals surface area contributed by atoms with E-state index in [9.17, 15) is 9.59 Å². The fraction of sp³-hybridized carbons (Fsp3) is 0.727. The van der Waals surface area contributed by atoms with Gasteiger partial charge in [-0.1, -0.05) is 26.7 Å². The van der Waals surface area contributed by atoms with Gasteiger partial charge in [0, 0.05) is 24.5 Å². The van der Waals surface area contributed by atoms with Gasteiger partial charge in [0.1, 0.15) is 0 Å². The van der Waals surface area contributed by atoms with Gasteiger partial charge in [0.25, 0.3) is 5.91 Å². The topological polar surface area (TPSA) is 49.4 Å². The predicted octanol–water partition coefficient (Wildman–Crippen LogP) is 4.57. The molecular weight excluding hydrogens is 356 g/mol. The molecule has 0 aromatic carbocycles. The molecule has 1 aromatic heterocycles. The molecule has 3 rings (SSSR count). The second kappa shape index (κ2) is 9.22. The summed E-state index contributed by atoms with van der Waals surface area (Å²) in [6, 6.07) is 2.10. The Labute approximate surface area is 167 Å². The normalized spacial score (nSPS) is 17.9. The minimum atomic E-state index is -0.466. The number of amides is 2. The summed E-state index contributed by atoms with van der Waals surface area (Å²) in [4.78, 5) is 30.1. The molecule has 1 fully saturated rings. The molecule has 0 bridgehead atoms. The first kappa shape index (κ1) is 20.4. The number of likely N-dealkylation sites (tertiary alicyclic amines) is 1. The van der Waals surface area contributed by atoms with Crippen molar-refractivity contribution in [3.63, 3.8) is 0 Å². The van der Waals surface area contributed by atoms with Crippen LogP contribution in [-0.2, 0) is 17.6 Å². The fourth-order valence-corrected chi connectivity index (χ4v) is 5.60. The van der Waals surface area contributed by atoms with Crippen LogP contribution in [0.1, 0.15) is 85.3 Å². The molecule has 1 N–H and O–H groups in total. The van der Waals surface area contributed by atoms with E-state index in [1.54, 1.807) is 11.3 Å². The van der Waals surface area contributed by atoms with Crippen LogP contribution in [0.4, 0.5) is 0 Å². The second-order valence-electron chi connectivity index (χ2n) is 8.14. The quantitative estimate of drug-likeness (QED) is 0.774. The van der Waals surface area contributed by atoms with E-state index in [1.807, 2.05) is 4.90 Å². The Bertz CT molecular complexity index is 632. The van der Waals surface area contributed by atoms with Gasteiger partial charge in [0.15, 0.2) is 0 Å². The van der Waals surface area contributed by atoms with E-state index in [1.165, 1.54) is 36.1 Å². The van der Waals surface area contributed by atoms with Crippen molar-refractivity contribution in [1.82, 2.24) is 10.2 Å². The average Bonchev–Trinajstić information content (AvgIpc) is 3.33. The molecule has 5 heteroatoms. The van der Waals surface area contributed by atoms with Gasteiger partial charge in [-0.25, -0.2) is 0 Å². The first-order chi connectivity index (χ1) is 13.1. The molecule has 0 unspecified atom stereocenters. The number of thiophene rings is 1. The molecule has 1 aliphatic carbocycles. The Kier molecular flexibility index (Phi) is 6.96. The first-order valence-corrected chi connectivity index (χ1v) is 11.6. The summed E-state index contributed by atoms with van der Waals surface area (Å²) >= 11 is 1.66. The van der Waals surface area contributed by atoms with Gasteiger partial charge >= 0.3 is 0 Å². The van der Waals surface area contributed by atoms with Crippen molar-refractivity contribution in [2.75, 3.05) is 19.6 Å². The van der Waals surface area contributed by atoms with Crippen molar-refractivity contribution in [2.24, 2.45) is 5.41 Å². The van der Waals surface area contributed by atoms with E-state index >= 15 is 0 Å². The summed E-state index contributed by atoms with van der Waals surface area (Å²) in [5.74, 6) is 0.219. The number of hydrogen-bond donors (Lipinski definition) is 1. The van der Waals surface area contributed by atoms with Crippen LogP contribution in [0.2, 0.25) is 0 Å². The lowest BCUT2D eigenvalue weighted by atomic mass is 9.80. The van der Waals surface area contributed by atoms with E-state index in [2.05, 4.69) is 25.2 Å². The molecule has 0 radical (unpaired) electrons. The minimum absolute atomic E-state index is 0.00718. The third kappa shape index (κ3) is 4.56. The molecule has 1 saturated heterocycles. The van der Waals surface area contributed by atoms with Gasteiger partial charge in [-0.15, -0.1) is 11.3 Å². The van der Waals surface area contributed by atoms with E-state index in [-0.39, 0.29) is 11.8 Å². The monoisotopic (exact) mass is 390 g/mol. The van der Waals surface area contributed by atoms with Gasteiger partial charge in [-0.2, -0.15) is 0 Å². The van der Waals surface area contributed by atoms with Gasteiger partial charge in [-0.3, -0.25) is 9.59 Å². The van der Waals surface area contributed by atoms with Crippen molar-refractivity contribution in [1.29, 1.82) is 0 Å². The summed E-state index contributed by atoms with van der Waals surface area (Å²) in [7, 11) is 0. The van der Waals surface area contributed by atoms with Crippen molar-refractivity contribution in [3.05, 3.63) is 21.4 Å². The molecule has 0 atom stereocenters. The maximum Gasteiger partial charge on any atom is 0.261 e. The molecule has 2 amide bonds. The molecule has 150 valence electrons. The van der Waals surface area contributed by atoms with Gasteiger partial charge in [0.2, 0.25) is 5.91 Å². The van der Waals surface area contributed by atoms with Gasteiger partial charge in [-0.05, 0) is 63.0 Å². The molecule has 2 heterocycles. The third-order valence-electron chi connectivity index (χ3n) is 6.51. The number of hydrogen-bond acceptors (Lipinski definition) is 3. The van der Waals surface area contributed by atoms with Gasteiger partial charge < -0.3 is 10.2 Å². The molecule has 1 aromatic rings. The smallest absolute Gasteiger partial charge is 0.261 e. The molecule has 27 heavy (non-hydrogen) atoms. The van der Waals surface area contributed by atoms with Crippen LogP contribution in [0, 0.1) is 5.41 Å². The fourth-order valence-electron chi connectivity index (χ4n) is 4.43. The summed E-state index contributed by atoms with van der Waals surface area (Å²) in [5, 5.41) is 3.11. The lowest BCUT2D eigenvalue weighted by Crippen LogP contribution is -2.48. The van der Waals surface area contributed by atoms with E-state index in [4.69, 9.17) is 0 Å². The number of rotatable bonds is 6. The zero-order valence-corrected chi connectivity index (χ0v) is 17.8. The van der Waals surface area contributed by atoms with Crippen LogP contribution >= 0.6 is 11.3 Å². The van der Waals surface area contributed by atoms with Crippen LogP contribution in [0.5, 0.6) is 0 Å². The highest BCUT2D eigenvalue weighted by molar-refractivity contribution is 7.14. The lowest BCUT2D eigenvalue weighted by Gasteiger charge is -2.34. The number of carbonyl (C=O) groups is 2. The number of fused-ring (bicyclic) bond motifs is 1. The van der Waals surface area contributed by atoms with Crippen molar-refractivity contribution in [2.45, 2.75) is 78.1 Å². The summed E-state index contributed by atoms with van der Waals surface area (Å²) in [5.41, 5.74) is 0.904. The van der Waals surface area contributed by atoms with E-state index in [0.717, 1.165) is 56.5 Å². The predicted molar refractivity (Wildman–Crippen MR) is 111 cm³/mol. The highest BCUT2D eigenvalue weighted by Gasteiger charge is 2.39. The standard InChI is InChI=1S/C22H34N2O2S/c1-3-22(4-2,21(26)24-13-9-10-14-24)16-23-20(25)19-15-17-11-7-5-6-8-12-18(17)27-19/h15H,3-14,16H2,1-2H3,(H,23,25). The largest absolute Gasteiger partial charge is 0.350 e. The zero-order valence-electron chi connectivity index (χ0n) is 16.9. The number of aryl methyl sites for hydroxylation is 2. The summed E-state index contributed by atoms with van der Waals surface area (Å²) < 4.78 is 0. The Morgan fingerprint density at radius 2 is 1.70 bits per heavy atom. The first-order valence-electron chi connectivity index (χ1n) is 10.8. The summed E-state index contributed by atoms with van der Waals surface area (Å²) in [6.45, 7) is 6.32. The minimum Gasteiger partial charge on any atom is -0.350 e. The number of carbonyl (C=O) groups excluding carboxylic acids is 2. The maximum atomic E-state index is 13.1. The third-order valence-corrected chi connectivity index (χ3v) is 7.74. The number of nitrogens with zero attached hydrogens (tertiary/aromatic N) is 1. The lowest BCUT2D eigenvalue weighted by molar-refractivity contribution is -0.141. The average molecular weight is 391 g/mol. The molecule has 4 nitrogen and oxygen atoms in total. The van der Waals surface area contributed by atoms with Crippen LogP contribution < -0.4 is 5.32 Å². The van der Waals surface area contributed by atoms with Crippen LogP contribution in [0.15, 0.2) is 6.07 Å². The van der Waals surface area contributed by atoms with Crippen molar-refractivity contribution >= 4 is 23.2 Å². The van der Waals surface area contributed by atoms with E-state index in [0.29, 0.717) is 6.54 Å². The Balaban J connectivity index is 1.67. The SMILES string of the molecule is CCC(CC)(CNC(=O)c1cc2c(s1)CCCCCC2)C(=O)N1CCCC1.